The van der Waals surface area contributed by atoms with E-state index >= 15 is 0 Å². The predicted molar refractivity (Wildman–Crippen MR) is 81.3 cm³/mol. The molecule has 1 amide bonds. The highest BCUT2D eigenvalue weighted by atomic mass is 16.5. The van der Waals surface area contributed by atoms with E-state index in [0.717, 1.165) is 36.7 Å². The zero-order chi connectivity index (χ0) is 15.2. The van der Waals surface area contributed by atoms with E-state index in [0.29, 0.717) is 19.7 Å². The smallest absolute Gasteiger partial charge is 0.225 e. The van der Waals surface area contributed by atoms with Crippen molar-refractivity contribution >= 4 is 11.9 Å². The lowest BCUT2D eigenvalue weighted by Gasteiger charge is -2.32. The number of rotatable bonds is 5. The van der Waals surface area contributed by atoms with Crippen LogP contribution in [0.3, 0.4) is 0 Å². The van der Waals surface area contributed by atoms with E-state index in [1.807, 2.05) is 19.9 Å². The number of ether oxygens (including phenoxy) is 1. The molecule has 1 fully saturated rings. The summed E-state index contributed by atoms with van der Waals surface area (Å²) in [6.45, 7) is 6.63. The van der Waals surface area contributed by atoms with Crippen molar-refractivity contribution in [2.24, 2.45) is 5.92 Å². The van der Waals surface area contributed by atoms with E-state index in [1.54, 1.807) is 7.11 Å². The Kier molecular flexibility index (Phi) is 5.50. The number of nitrogens with one attached hydrogen (secondary N) is 1. The first-order chi connectivity index (χ1) is 10.1. The molecule has 6 heteroatoms. The van der Waals surface area contributed by atoms with Gasteiger partial charge in [-0.25, -0.2) is 9.97 Å². The number of carbonyl (C=O) groups is 1. The van der Waals surface area contributed by atoms with Crippen LogP contribution in [0.25, 0.3) is 0 Å². The van der Waals surface area contributed by atoms with Gasteiger partial charge in [-0.2, -0.15) is 0 Å². The molecule has 1 aliphatic heterocycles. The van der Waals surface area contributed by atoms with Crippen LogP contribution in [-0.4, -0.2) is 49.2 Å². The first kappa shape index (κ1) is 15.7. The number of piperidine rings is 1. The normalized spacial score (nSPS) is 18.6. The zero-order valence-electron chi connectivity index (χ0n) is 13.1. The minimum Gasteiger partial charge on any atom is -0.383 e. The quantitative estimate of drug-likeness (QED) is 0.822. The lowest BCUT2D eigenvalue weighted by molar-refractivity contribution is -0.125. The molecule has 21 heavy (non-hydrogen) atoms. The fraction of sp³-hybridized carbons (Fsp3) is 0.667. The van der Waals surface area contributed by atoms with Crippen molar-refractivity contribution in [3.05, 3.63) is 17.5 Å². The molecule has 2 rings (SSSR count). The number of aryl methyl sites for hydroxylation is 2. The Balaban J connectivity index is 1.98. The minimum atomic E-state index is 0.0000227. The van der Waals surface area contributed by atoms with Gasteiger partial charge >= 0.3 is 0 Å². The van der Waals surface area contributed by atoms with Gasteiger partial charge in [0.05, 0.1) is 12.5 Å². The van der Waals surface area contributed by atoms with E-state index in [4.69, 9.17) is 4.74 Å². The number of hydrogen-bond acceptors (Lipinski definition) is 5. The van der Waals surface area contributed by atoms with Crippen molar-refractivity contribution in [3.8, 4) is 0 Å². The minimum absolute atomic E-state index is 0.0000227. The molecule has 0 bridgehead atoms. The van der Waals surface area contributed by atoms with E-state index in [2.05, 4.69) is 20.2 Å². The van der Waals surface area contributed by atoms with E-state index in [1.165, 1.54) is 0 Å². The summed E-state index contributed by atoms with van der Waals surface area (Å²) in [4.78, 5) is 23.2. The second kappa shape index (κ2) is 7.36. The van der Waals surface area contributed by atoms with Gasteiger partial charge in [-0.1, -0.05) is 0 Å². The van der Waals surface area contributed by atoms with Gasteiger partial charge in [0.2, 0.25) is 11.9 Å². The highest BCUT2D eigenvalue weighted by Crippen LogP contribution is 2.21. The van der Waals surface area contributed by atoms with Gasteiger partial charge in [-0.05, 0) is 32.8 Å². The second-order valence-electron chi connectivity index (χ2n) is 5.52. The molecule has 1 aromatic rings. The van der Waals surface area contributed by atoms with Gasteiger partial charge < -0.3 is 15.0 Å². The molecule has 1 unspecified atom stereocenters. The molecule has 1 N–H and O–H groups in total. The second-order valence-corrected chi connectivity index (χ2v) is 5.52. The van der Waals surface area contributed by atoms with Crippen LogP contribution in [0, 0.1) is 19.8 Å². The number of amides is 1. The summed E-state index contributed by atoms with van der Waals surface area (Å²) in [7, 11) is 1.63. The third-order valence-electron chi connectivity index (χ3n) is 3.65. The highest BCUT2D eigenvalue weighted by molar-refractivity contribution is 5.79. The number of nitrogens with zero attached hydrogens (tertiary/aromatic N) is 3. The fourth-order valence-electron chi connectivity index (χ4n) is 2.64. The summed E-state index contributed by atoms with van der Waals surface area (Å²) in [6, 6.07) is 1.96. The summed E-state index contributed by atoms with van der Waals surface area (Å²) in [6.07, 6.45) is 1.90. The van der Waals surface area contributed by atoms with Gasteiger partial charge in [0, 0.05) is 38.1 Å². The molecule has 2 heterocycles. The molecule has 1 atom stereocenters. The first-order valence-electron chi connectivity index (χ1n) is 7.44. The third-order valence-corrected chi connectivity index (χ3v) is 3.65. The number of carbonyl (C=O) groups excluding carboxylic acids is 1. The highest BCUT2D eigenvalue weighted by Gasteiger charge is 2.27. The van der Waals surface area contributed by atoms with E-state index < -0.39 is 0 Å². The molecule has 1 aromatic heterocycles. The Morgan fingerprint density at radius 2 is 2.14 bits per heavy atom. The SMILES string of the molecule is COCCNC(=O)C1CCCN(c2nc(C)cc(C)n2)C1. The molecule has 1 aliphatic rings. The van der Waals surface area contributed by atoms with Crippen molar-refractivity contribution in [2.45, 2.75) is 26.7 Å². The summed E-state index contributed by atoms with van der Waals surface area (Å²) < 4.78 is 4.95. The fourth-order valence-corrected chi connectivity index (χ4v) is 2.64. The van der Waals surface area contributed by atoms with Crippen LogP contribution < -0.4 is 10.2 Å². The zero-order valence-corrected chi connectivity index (χ0v) is 13.1. The van der Waals surface area contributed by atoms with E-state index in [-0.39, 0.29) is 11.8 Å². The Labute approximate surface area is 125 Å². The lowest BCUT2D eigenvalue weighted by Crippen LogP contribution is -2.44. The maximum Gasteiger partial charge on any atom is 0.225 e. The van der Waals surface area contributed by atoms with Gasteiger partial charge in [0.1, 0.15) is 0 Å². The van der Waals surface area contributed by atoms with Crippen LogP contribution in [0.4, 0.5) is 5.95 Å². The monoisotopic (exact) mass is 292 g/mol. The Bertz CT molecular complexity index is 472. The average molecular weight is 292 g/mol. The molecule has 0 aromatic carbocycles. The van der Waals surface area contributed by atoms with Gasteiger partial charge in [-0.15, -0.1) is 0 Å². The average Bonchev–Trinajstić information content (AvgIpc) is 2.46. The number of anilines is 1. The maximum atomic E-state index is 12.1. The van der Waals surface area contributed by atoms with Crippen LogP contribution >= 0.6 is 0 Å². The molecule has 1 saturated heterocycles. The topological polar surface area (TPSA) is 67.3 Å². The molecule has 0 saturated carbocycles. The number of hydrogen-bond donors (Lipinski definition) is 1. The van der Waals surface area contributed by atoms with Crippen molar-refractivity contribution in [2.75, 3.05) is 38.3 Å². The Morgan fingerprint density at radius 3 is 2.81 bits per heavy atom. The Morgan fingerprint density at radius 1 is 1.43 bits per heavy atom. The molecular formula is C15H24N4O2. The maximum absolute atomic E-state index is 12.1. The largest absolute Gasteiger partial charge is 0.383 e. The molecule has 116 valence electrons. The van der Waals surface area contributed by atoms with Crippen LogP contribution in [0.2, 0.25) is 0 Å². The van der Waals surface area contributed by atoms with Gasteiger partial charge in [-0.3, -0.25) is 4.79 Å². The molecule has 0 radical (unpaired) electrons. The van der Waals surface area contributed by atoms with Crippen LogP contribution in [-0.2, 0) is 9.53 Å². The first-order valence-corrected chi connectivity index (χ1v) is 7.44. The summed E-state index contributed by atoms with van der Waals surface area (Å²) in [5, 5.41) is 2.92. The molecule has 0 aliphatic carbocycles. The van der Waals surface area contributed by atoms with Crippen molar-refractivity contribution in [3.63, 3.8) is 0 Å². The molecular weight excluding hydrogens is 268 g/mol. The van der Waals surface area contributed by atoms with Crippen LogP contribution in [0.15, 0.2) is 6.07 Å². The molecule has 6 nitrogen and oxygen atoms in total. The number of aromatic nitrogens is 2. The summed E-state index contributed by atoms with van der Waals surface area (Å²) in [5.41, 5.74) is 1.92. The lowest BCUT2D eigenvalue weighted by atomic mass is 9.97. The number of methoxy groups -OCH3 is 1. The predicted octanol–water partition coefficient (Wildman–Crippen LogP) is 1.07. The van der Waals surface area contributed by atoms with Crippen LogP contribution in [0.5, 0.6) is 0 Å². The summed E-state index contributed by atoms with van der Waals surface area (Å²) >= 11 is 0. The van der Waals surface area contributed by atoms with Gasteiger partial charge in [0.25, 0.3) is 0 Å². The van der Waals surface area contributed by atoms with Crippen LogP contribution in [0.1, 0.15) is 24.2 Å². The van der Waals surface area contributed by atoms with Crippen molar-refractivity contribution < 1.29 is 9.53 Å². The summed E-state index contributed by atoms with van der Waals surface area (Å²) in [5.74, 6) is 0.836. The molecule has 0 spiro atoms. The Hall–Kier alpha value is -1.69. The van der Waals surface area contributed by atoms with Gasteiger partial charge in [0.15, 0.2) is 0 Å². The van der Waals surface area contributed by atoms with E-state index in [9.17, 15) is 4.79 Å². The van der Waals surface area contributed by atoms with Crippen molar-refractivity contribution in [1.29, 1.82) is 0 Å². The standard InChI is InChI=1S/C15H24N4O2/c1-11-9-12(2)18-15(17-11)19-7-4-5-13(10-19)14(20)16-6-8-21-3/h9,13H,4-8,10H2,1-3H3,(H,16,20). The van der Waals surface area contributed by atoms with Crippen molar-refractivity contribution in [1.82, 2.24) is 15.3 Å². The third kappa shape index (κ3) is 4.39.